The molecule has 0 fully saturated rings. The highest BCUT2D eigenvalue weighted by molar-refractivity contribution is 4.97. The van der Waals surface area contributed by atoms with Gasteiger partial charge in [0.2, 0.25) is 5.89 Å². The summed E-state index contributed by atoms with van der Waals surface area (Å²) in [7, 11) is 3.73. The third-order valence-electron chi connectivity index (χ3n) is 4.21. The largest absolute Gasteiger partial charge is 0.374 e. The Morgan fingerprint density at radius 3 is 3.23 bits per heavy atom. The molecule has 7 heteroatoms. The monoisotopic (exact) mass is 305 g/mol. The van der Waals surface area contributed by atoms with Crippen LogP contribution in [-0.4, -0.2) is 45.3 Å². The Hall–Kier alpha value is -1.73. The van der Waals surface area contributed by atoms with Gasteiger partial charge >= 0.3 is 0 Å². The summed E-state index contributed by atoms with van der Waals surface area (Å²) in [6.45, 7) is 4.62. The highest BCUT2D eigenvalue weighted by Crippen LogP contribution is 2.20. The lowest BCUT2D eigenvalue weighted by molar-refractivity contribution is 0.109. The first-order valence-electron chi connectivity index (χ1n) is 7.69. The average molecular weight is 305 g/mol. The zero-order chi connectivity index (χ0) is 15.5. The van der Waals surface area contributed by atoms with Crippen LogP contribution in [0.15, 0.2) is 16.9 Å². The van der Waals surface area contributed by atoms with E-state index in [-0.39, 0.29) is 6.10 Å². The van der Waals surface area contributed by atoms with Gasteiger partial charge in [-0.1, -0.05) is 5.16 Å². The van der Waals surface area contributed by atoms with Gasteiger partial charge in [-0.25, -0.2) is 4.98 Å². The molecule has 0 spiro atoms. The van der Waals surface area contributed by atoms with Gasteiger partial charge in [-0.2, -0.15) is 4.98 Å². The Morgan fingerprint density at radius 1 is 1.55 bits per heavy atom. The zero-order valence-corrected chi connectivity index (χ0v) is 13.4. The molecular weight excluding hydrogens is 282 g/mol. The summed E-state index contributed by atoms with van der Waals surface area (Å²) in [5.41, 5.74) is 0. The lowest BCUT2D eigenvalue weighted by Crippen LogP contribution is -2.31. The maximum atomic E-state index is 5.29. The molecule has 22 heavy (non-hydrogen) atoms. The van der Waals surface area contributed by atoms with E-state index in [0.717, 1.165) is 19.5 Å². The SMILES string of the molecule is CO[C@@H](C)c1noc(CN(C)C[C@H]2CCc3nccn3C2)n1. The van der Waals surface area contributed by atoms with Crippen LogP contribution in [0.1, 0.15) is 37.0 Å². The van der Waals surface area contributed by atoms with E-state index in [4.69, 9.17) is 9.26 Å². The van der Waals surface area contributed by atoms with E-state index >= 15 is 0 Å². The molecule has 0 saturated carbocycles. The summed E-state index contributed by atoms with van der Waals surface area (Å²) < 4.78 is 12.7. The smallest absolute Gasteiger partial charge is 0.240 e. The molecule has 120 valence electrons. The van der Waals surface area contributed by atoms with Crippen molar-refractivity contribution in [1.29, 1.82) is 0 Å². The Bertz CT molecular complexity index is 609. The molecular formula is C15H23N5O2. The molecule has 7 nitrogen and oxygen atoms in total. The summed E-state index contributed by atoms with van der Waals surface area (Å²) in [6.07, 6.45) is 6.05. The Balaban J connectivity index is 1.52. The van der Waals surface area contributed by atoms with Crippen LogP contribution >= 0.6 is 0 Å². The van der Waals surface area contributed by atoms with Gasteiger partial charge < -0.3 is 13.8 Å². The molecule has 0 bridgehead atoms. The van der Waals surface area contributed by atoms with E-state index < -0.39 is 0 Å². The van der Waals surface area contributed by atoms with E-state index in [9.17, 15) is 0 Å². The molecule has 0 radical (unpaired) electrons. The van der Waals surface area contributed by atoms with E-state index in [1.54, 1.807) is 7.11 Å². The van der Waals surface area contributed by atoms with Gasteiger partial charge in [0, 0.05) is 39.0 Å². The molecule has 0 aromatic carbocycles. The van der Waals surface area contributed by atoms with Gasteiger partial charge in [-0.15, -0.1) is 0 Å². The number of aromatic nitrogens is 4. The van der Waals surface area contributed by atoms with Crippen LogP contribution in [0.2, 0.25) is 0 Å². The molecule has 2 aromatic rings. The van der Waals surface area contributed by atoms with E-state index in [1.165, 1.54) is 12.2 Å². The standard InChI is InChI=1S/C15H23N5O2/c1-11(21-3)15-17-14(22-18-15)10-19(2)8-12-4-5-13-16-6-7-20(13)9-12/h6-7,11-12H,4-5,8-10H2,1-3H3/t11-,12+/m0/s1. The predicted octanol–water partition coefficient (Wildman–Crippen LogP) is 1.67. The van der Waals surface area contributed by atoms with E-state index in [2.05, 4.69) is 37.8 Å². The van der Waals surface area contributed by atoms with Crippen LogP contribution in [0.25, 0.3) is 0 Å². The van der Waals surface area contributed by atoms with Crippen LogP contribution in [0, 0.1) is 5.92 Å². The second kappa shape index (κ2) is 6.58. The maximum Gasteiger partial charge on any atom is 0.240 e. The quantitative estimate of drug-likeness (QED) is 0.808. The van der Waals surface area contributed by atoms with Crippen molar-refractivity contribution in [2.75, 3.05) is 20.7 Å². The molecule has 1 aliphatic heterocycles. The van der Waals surface area contributed by atoms with Crippen molar-refractivity contribution in [3.63, 3.8) is 0 Å². The summed E-state index contributed by atoms with van der Waals surface area (Å²) in [4.78, 5) is 11.0. The number of aryl methyl sites for hydroxylation is 1. The maximum absolute atomic E-state index is 5.29. The van der Waals surface area contributed by atoms with Gasteiger partial charge in [0.15, 0.2) is 5.82 Å². The summed E-state index contributed by atoms with van der Waals surface area (Å²) in [5.74, 6) is 3.08. The van der Waals surface area contributed by atoms with Crippen molar-refractivity contribution in [2.24, 2.45) is 5.92 Å². The van der Waals surface area contributed by atoms with Crippen molar-refractivity contribution in [3.8, 4) is 0 Å². The number of fused-ring (bicyclic) bond motifs is 1. The highest BCUT2D eigenvalue weighted by atomic mass is 16.5. The van der Waals surface area contributed by atoms with Crippen LogP contribution in [-0.2, 0) is 24.2 Å². The number of nitrogens with zero attached hydrogens (tertiary/aromatic N) is 5. The fourth-order valence-corrected chi connectivity index (χ4v) is 2.93. The molecule has 0 saturated heterocycles. The zero-order valence-electron chi connectivity index (χ0n) is 13.4. The van der Waals surface area contributed by atoms with Crippen LogP contribution in [0.5, 0.6) is 0 Å². The number of hydrogen-bond donors (Lipinski definition) is 0. The highest BCUT2D eigenvalue weighted by Gasteiger charge is 2.21. The molecule has 2 aromatic heterocycles. The third kappa shape index (κ3) is 3.36. The number of imidazole rings is 1. The van der Waals surface area contributed by atoms with Gasteiger partial charge in [0.25, 0.3) is 0 Å². The molecule has 0 N–H and O–H groups in total. The van der Waals surface area contributed by atoms with Crippen molar-refractivity contribution in [2.45, 2.75) is 39.0 Å². The first kappa shape index (κ1) is 15.2. The number of rotatable bonds is 6. The molecule has 2 atom stereocenters. The van der Waals surface area contributed by atoms with Crippen molar-refractivity contribution >= 4 is 0 Å². The number of ether oxygens (including phenoxy) is 1. The van der Waals surface area contributed by atoms with Gasteiger partial charge in [-0.05, 0) is 26.3 Å². The minimum absolute atomic E-state index is 0.138. The molecule has 3 rings (SSSR count). The lowest BCUT2D eigenvalue weighted by Gasteiger charge is -2.27. The van der Waals surface area contributed by atoms with Gasteiger partial charge in [0.05, 0.1) is 6.54 Å². The van der Waals surface area contributed by atoms with E-state index in [1.807, 2.05) is 13.1 Å². The fraction of sp³-hybridized carbons (Fsp3) is 0.667. The topological polar surface area (TPSA) is 69.2 Å². The molecule has 0 amide bonds. The molecule has 1 aliphatic rings. The normalized spacial score (nSPS) is 19.4. The Morgan fingerprint density at radius 2 is 2.41 bits per heavy atom. The minimum Gasteiger partial charge on any atom is -0.374 e. The van der Waals surface area contributed by atoms with Crippen molar-refractivity contribution in [1.82, 2.24) is 24.6 Å². The number of hydrogen-bond acceptors (Lipinski definition) is 6. The van der Waals surface area contributed by atoms with Crippen LogP contribution in [0.3, 0.4) is 0 Å². The second-order valence-electron chi connectivity index (χ2n) is 6.02. The lowest BCUT2D eigenvalue weighted by atomic mass is 9.99. The van der Waals surface area contributed by atoms with Gasteiger partial charge in [-0.3, -0.25) is 4.90 Å². The Kier molecular flexibility index (Phi) is 4.54. The third-order valence-corrected chi connectivity index (χ3v) is 4.21. The van der Waals surface area contributed by atoms with Crippen LogP contribution < -0.4 is 0 Å². The average Bonchev–Trinajstić information content (AvgIpc) is 3.14. The summed E-state index contributed by atoms with van der Waals surface area (Å²) >= 11 is 0. The Labute approximate surface area is 130 Å². The fourth-order valence-electron chi connectivity index (χ4n) is 2.93. The molecule has 0 aliphatic carbocycles. The minimum atomic E-state index is -0.138. The molecule has 0 unspecified atom stereocenters. The van der Waals surface area contributed by atoms with E-state index in [0.29, 0.717) is 24.2 Å². The molecule has 3 heterocycles. The number of methoxy groups -OCH3 is 1. The van der Waals surface area contributed by atoms with Crippen LogP contribution in [0.4, 0.5) is 0 Å². The van der Waals surface area contributed by atoms with Gasteiger partial charge in [0.1, 0.15) is 11.9 Å². The summed E-state index contributed by atoms with van der Waals surface area (Å²) in [5, 5.41) is 3.96. The predicted molar refractivity (Wildman–Crippen MR) is 80.1 cm³/mol. The van der Waals surface area contributed by atoms with Crippen molar-refractivity contribution in [3.05, 3.63) is 29.9 Å². The van der Waals surface area contributed by atoms with Crippen molar-refractivity contribution < 1.29 is 9.26 Å². The summed E-state index contributed by atoms with van der Waals surface area (Å²) in [6, 6.07) is 0. The second-order valence-corrected chi connectivity index (χ2v) is 6.02. The first-order chi connectivity index (χ1) is 10.7. The first-order valence-corrected chi connectivity index (χ1v) is 7.69.